The second-order valence-electron chi connectivity index (χ2n) is 4.44. The number of nitrogens with one attached hydrogen (secondary N) is 1. The molecule has 20 heavy (non-hydrogen) atoms. The summed E-state index contributed by atoms with van der Waals surface area (Å²) in [5.74, 6) is 0.747. The number of amidine groups is 1. The van der Waals surface area contributed by atoms with Crippen molar-refractivity contribution in [3.8, 4) is 5.75 Å². The standard InChI is InChI=1S/C16H16N2O2/c1-20-14-7-5-12(6-8-14)15(19)10-11-3-2-4-13(9-11)16(17)18/h2-9H,10H2,1H3,(H3,17,18). The summed E-state index contributed by atoms with van der Waals surface area (Å²) in [7, 11) is 1.59. The molecule has 0 bridgehead atoms. The van der Waals surface area contributed by atoms with Gasteiger partial charge in [0.2, 0.25) is 0 Å². The highest BCUT2D eigenvalue weighted by Crippen LogP contribution is 2.14. The first-order valence-electron chi connectivity index (χ1n) is 6.21. The molecule has 0 atom stereocenters. The van der Waals surface area contributed by atoms with Crippen LogP contribution in [0.2, 0.25) is 0 Å². The van der Waals surface area contributed by atoms with E-state index in [2.05, 4.69) is 0 Å². The van der Waals surface area contributed by atoms with Gasteiger partial charge in [-0.2, -0.15) is 0 Å². The molecule has 2 aromatic carbocycles. The topological polar surface area (TPSA) is 76.2 Å². The van der Waals surface area contributed by atoms with Crippen LogP contribution in [0.1, 0.15) is 21.5 Å². The summed E-state index contributed by atoms with van der Waals surface area (Å²) in [5.41, 5.74) is 7.55. The first kappa shape index (κ1) is 13.8. The number of ether oxygens (including phenoxy) is 1. The van der Waals surface area contributed by atoms with Crippen LogP contribution in [-0.4, -0.2) is 18.7 Å². The molecule has 0 saturated carbocycles. The number of nitrogen functional groups attached to an aromatic ring is 1. The third-order valence-electron chi connectivity index (χ3n) is 3.01. The third kappa shape index (κ3) is 3.23. The van der Waals surface area contributed by atoms with E-state index in [0.717, 1.165) is 11.3 Å². The lowest BCUT2D eigenvalue weighted by Gasteiger charge is -2.05. The Kier molecular flexibility index (Phi) is 4.15. The number of carbonyl (C=O) groups is 1. The van der Waals surface area contributed by atoms with E-state index < -0.39 is 0 Å². The number of carbonyl (C=O) groups excluding carboxylic acids is 1. The maximum Gasteiger partial charge on any atom is 0.167 e. The van der Waals surface area contributed by atoms with Gasteiger partial charge >= 0.3 is 0 Å². The summed E-state index contributed by atoms with van der Waals surface area (Å²) >= 11 is 0. The number of methoxy groups -OCH3 is 1. The Balaban J connectivity index is 2.14. The van der Waals surface area contributed by atoms with Crippen molar-refractivity contribution >= 4 is 11.6 Å². The monoisotopic (exact) mass is 268 g/mol. The Hall–Kier alpha value is -2.62. The average Bonchev–Trinajstić information content (AvgIpc) is 2.47. The van der Waals surface area contributed by atoms with E-state index in [1.165, 1.54) is 0 Å². The maximum absolute atomic E-state index is 12.2. The molecule has 0 aromatic heterocycles. The molecule has 0 aliphatic rings. The fourth-order valence-corrected chi connectivity index (χ4v) is 1.91. The van der Waals surface area contributed by atoms with Gasteiger partial charge in [-0.05, 0) is 35.9 Å². The molecule has 0 saturated heterocycles. The van der Waals surface area contributed by atoms with E-state index in [9.17, 15) is 4.79 Å². The summed E-state index contributed by atoms with van der Waals surface area (Å²) in [4.78, 5) is 12.2. The van der Waals surface area contributed by atoms with Crippen molar-refractivity contribution < 1.29 is 9.53 Å². The summed E-state index contributed by atoms with van der Waals surface area (Å²) in [6, 6.07) is 14.2. The molecule has 2 rings (SSSR count). The zero-order chi connectivity index (χ0) is 14.5. The molecule has 2 aromatic rings. The number of nitrogens with two attached hydrogens (primary N) is 1. The fraction of sp³-hybridized carbons (Fsp3) is 0.125. The molecule has 102 valence electrons. The third-order valence-corrected chi connectivity index (χ3v) is 3.01. The van der Waals surface area contributed by atoms with Gasteiger partial charge in [0.05, 0.1) is 7.11 Å². The Morgan fingerprint density at radius 1 is 1.15 bits per heavy atom. The van der Waals surface area contributed by atoms with E-state index in [4.69, 9.17) is 15.9 Å². The van der Waals surface area contributed by atoms with Crippen LogP contribution in [0.3, 0.4) is 0 Å². The van der Waals surface area contributed by atoms with Gasteiger partial charge < -0.3 is 10.5 Å². The summed E-state index contributed by atoms with van der Waals surface area (Å²) in [6.45, 7) is 0. The summed E-state index contributed by atoms with van der Waals surface area (Å²) < 4.78 is 5.06. The average molecular weight is 268 g/mol. The van der Waals surface area contributed by atoms with Crippen molar-refractivity contribution in [2.75, 3.05) is 7.11 Å². The molecule has 0 amide bonds. The van der Waals surface area contributed by atoms with Gasteiger partial charge in [-0.1, -0.05) is 18.2 Å². The largest absolute Gasteiger partial charge is 0.497 e. The zero-order valence-electron chi connectivity index (χ0n) is 11.2. The quantitative estimate of drug-likeness (QED) is 0.496. The van der Waals surface area contributed by atoms with Crippen LogP contribution in [0.15, 0.2) is 48.5 Å². The molecule has 4 nitrogen and oxygen atoms in total. The molecule has 0 aliphatic heterocycles. The molecule has 0 unspecified atom stereocenters. The van der Waals surface area contributed by atoms with Gasteiger partial charge in [0.25, 0.3) is 0 Å². The summed E-state index contributed by atoms with van der Waals surface area (Å²) in [5, 5.41) is 7.40. The molecular weight excluding hydrogens is 252 g/mol. The summed E-state index contributed by atoms with van der Waals surface area (Å²) in [6.07, 6.45) is 0.285. The Labute approximate surface area is 117 Å². The van der Waals surface area contributed by atoms with Crippen molar-refractivity contribution in [2.45, 2.75) is 6.42 Å². The zero-order valence-corrected chi connectivity index (χ0v) is 11.2. The first-order valence-corrected chi connectivity index (χ1v) is 6.21. The van der Waals surface area contributed by atoms with Gasteiger partial charge in [-0.25, -0.2) is 0 Å². The van der Waals surface area contributed by atoms with Gasteiger partial charge in [-0.15, -0.1) is 0 Å². The SMILES string of the molecule is COc1ccc(C(=O)Cc2cccc(C(=N)N)c2)cc1. The van der Waals surface area contributed by atoms with E-state index in [1.54, 1.807) is 49.6 Å². The van der Waals surface area contributed by atoms with E-state index in [0.29, 0.717) is 11.1 Å². The normalized spacial score (nSPS) is 10.1. The van der Waals surface area contributed by atoms with Crippen molar-refractivity contribution in [3.05, 3.63) is 65.2 Å². The number of rotatable bonds is 5. The van der Waals surface area contributed by atoms with Gasteiger partial charge in [0.15, 0.2) is 5.78 Å². The number of hydrogen-bond donors (Lipinski definition) is 2. The lowest BCUT2D eigenvalue weighted by molar-refractivity contribution is 0.0993. The molecule has 0 radical (unpaired) electrons. The highest BCUT2D eigenvalue weighted by molar-refractivity contribution is 5.98. The molecular formula is C16H16N2O2. The molecule has 0 heterocycles. The molecule has 0 fully saturated rings. The minimum Gasteiger partial charge on any atom is -0.497 e. The molecule has 4 heteroatoms. The van der Waals surface area contributed by atoms with Gasteiger partial charge in [0, 0.05) is 17.5 Å². The second kappa shape index (κ2) is 6.02. The van der Waals surface area contributed by atoms with Crippen molar-refractivity contribution in [3.63, 3.8) is 0 Å². The van der Waals surface area contributed by atoms with Crippen LogP contribution in [0, 0.1) is 5.41 Å². The maximum atomic E-state index is 12.2. The lowest BCUT2D eigenvalue weighted by Crippen LogP contribution is -2.12. The smallest absolute Gasteiger partial charge is 0.167 e. The van der Waals surface area contributed by atoms with Crippen LogP contribution in [0.4, 0.5) is 0 Å². The van der Waals surface area contributed by atoms with Crippen LogP contribution >= 0.6 is 0 Å². The second-order valence-corrected chi connectivity index (χ2v) is 4.44. The minimum absolute atomic E-state index is 0.00347. The Bertz CT molecular complexity index is 633. The number of hydrogen-bond acceptors (Lipinski definition) is 3. The van der Waals surface area contributed by atoms with E-state index >= 15 is 0 Å². The fourth-order valence-electron chi connectivity index (χ4n) is 1.91. The van der Waals surface area contributed by atoms with Crippen molar-refractivity contribution in [1.82, 2.24) is 0 Å². The van der Waals surface area contributed by atoms with Crippen molar-refractivity contribution in [2.24, 2.45) is 5.73 Å². The van der Waals surface area contributed by atoms with Crippen molar-refractivity contribution in [1.29, 1.82) is 5.41 Å². The number of ketones is 1. The van der Waals surface area contributed by atoms with Crippen LogP contribution in [0.5, 0.6) is 5.75 Å². The van der Waals surface area contributed by atoms with Gasteiger partial charge in [0.1, 0.15) is 11.6 Å². The van der Waals surface area contributed by atoms with Crippen LogP contribution in [-0.2, 0) is 6.42 Å². The first-order chi connectivity index (χ1) is 9.60. The molecule has 3 N–H and O–H groups in total. The molecule has 0 spiro atoms. The van der Waals surface area contributed by atoms with Gasteiger partial charge in [-0.3, -0.25) is 10.2 Å². The van der Waals surface area contributed by atoms with Crippen LogP contribution in [0.25, 0.3) is 0 Å². The predicted molar refractivity (Wildman–Crippen MR) is 78.5 cm³/mol. The highest BCUT2D eigenvalue weighted by Gasteiger charge is 2.08. The number of benzene rings is 2. The molecule has 0 aliphatic carbocycles. The van der Waals surface area contributed by atoms with Crippen LogP contribution < -0.4 is 10.5 Å². The Morgan fingerprint density at radius 2 is 1.85 bits per heavy atom. The lowest BCUT2D eigenvalue weighted by atomic mass is 10.0. The number of Topliss-reactive ketones (excluding diaryl/α,β-unsaturated/α-hetero) is 1. The van der Waals surface area contributed by atoms with E-state index in [-0.39, 0.29) is 18.0 Å². The van der Waals surface area contributed by atoms with E-state index in [1.807, 2.05) is 6.07 Å². The predicted octanol–water partition coefficient (Wildman–Crippen LogP) is 2.40. The Morgan fingerprint density at radius 3 is 2.45 bits per heavy atom. The highest BCUT2D eigenvalue weighted by atomic mass is 16.5. The minimum atomic E-state index is 0.00347.